The van der Waals surface area contributed by atoms with Gasteiger partial charge in [0.1, 0.15) is 0 Å². The molecule has 0 bridgehead atoms. The number of hydrogen-bond acceptors (Lipinski definition) is 4. The summed E-state index contributed by atoms with van der Waals surface area (Å²) in [5, 5.41) is 13.0. The molecule has 0 aromatic heterocycles. The minimum absolute atomic E-state index is 0.246. The second-order valence-corrected chi connectivity index (χ2v) is 6.71. The summed E-state index contributed by atoms with van der Waals surface area (Å²) >= 11 is 0. The Kier molecular flexibility index (Phi) is 6.75. The predicted octanol–water partition coefficient (Wildman–Crippen LogP) is 1.63. The lowest BCUT2D eigenvalue weighted by Crippen LogP contribution is -2.47. The molecule has 0 amide bonds. The van der Waals surface area contributed by atoms with Crippen LogP contribution >= 0.6 is 0 Å². The number of aliphatic hydroxyl groups is 1. The van der Waals surface area contributed by atoms with E-state index < -0.39 is 0 Å². The topological polar surface area (TPSA) is 44.7 Å². The van der Waals surface area contributed by atoms with Crippen LogP contribution < -0.4 is 5.32 Å². The highest BCUT2D eigenvalue weighted by atomic mass is 16.5. The van der Waals surface area contributed by atoms with E-state index in [1.54, 1.807) is 7.11 Å². The molecule has 0 radical (unpaired) electrons. The quantitative estimate of drug-likeness (QED) is 0.640. The van der Waals surface area contributed by atoms with Crippen LogP contribution in [0.1, 0.15) is 44.9 Å². The number of ether oxygens (including phenoxy) is 1. The molecular weight excluding hydrogens is 252 g/mol. The average molecular weight is 284 g/mol. The highest BCUT2D eigenvalue weighted by molar-refractivity contribution is 4.91. The van der Waals surface area contributed by atoms with E-state index in [1.807, 2.05) is 0 Å². The molecule has 0 unspecified atom stereocenters. The summed E-state index contributed by atoms with van der Waals surface area (Å²) < 4.78 is 5.21. The summed E-state index contributed by atoms with van der Waals surface area (Å²) in [6, 6.07) is 0.791. The van der Waals surface area contributed by atoms with Gasteiger partial charge in [-0.1, -0.05) is 19.3 Å². The lowest BCUT2D eigenvalue weighted by Gasteiger charge is -2.41. The zero-order valence-corrected chi connectivity index (χ0v) is 13.1. The van der Waals surface area contributed by atoms with Crippen molar-refractivity contribution in [2.45, 2.75) is 51.0 Å². The van der Waals surface area contributed by atoms with Gasteiger partial charge in [0.15, 0.2) is 0 Å². The monoisotopic (exact) mass is 284 g/mol. The van der Waals surface area contributed by atoms with Crippen LogP contribution in [-0.2, 0) is 4.74 Å². The average Bonchev–Trinajstić information content (AvgIpc) is 3.28. The summed E-state index contributed by atoms with van der Waals surface area (Å²) in [4.78, 5) is 2.39. The molecule has 2 aliphatic rings. The van der Waals surface area contributed by atoms with Crippen molar-refractivity contribution in [3.63, 3.8) is 0 Å². The SMILES string of the molecule is COCCN(CCO)CC1(CNC2CC2)CCCCC1. The third-order valence-corrected chi connectivity index (χ3v) is 4.84. The van der Waals surface area contributed by atoms with Gasteiger partial charge in [-0.3, -0.25) is 4.90 Å². The first-order valence-electron chi connectivity index (χ1n) is 8.33. The Morgan fingerprint density at radius 1 is 1.20 bits per heavy atom. The largest absolute Gasteiger partial charge is 0.395 e. The van der Waals surface area contributed by atoms with Crippen LogP contribution in [-0.4, -0.2) is 62.6 Å². The highest BCUT2D eigenvalue weighted by Gasteiger charge is 2.35. The fourth-order valence-corrected chi connectivity index (χ4v) is 3.45. The van der Waals surface area contributed by atoms with E-state index >= 15 is 0 Å². The van der Waals surface area contributed by atoms with E-state index in [0.29, 0.717) is 5.41 Å². The van der Waals surface area contributed by atoms with Crippen LogP contribution in [0.15, 0.2) is 0 Å². The summed E-state index contributed by atoms with van der Waals surface area (Å²) in [5.74, 6) is 0. The molecule has 118 valence electrons. The van der Waals surface area contributed by atoms with Gasteiger partial charge in [-0.2, -0.15) is 0 Å². The molecule has 2 rings (SSSR count). The fourth-order valence-electron chi connectivity index (χ4n) is 3.45. The first-order valence-corrected chi connectivity index (χ1v) is 8.33. The van der Waals surface area contributed by atoms with Gasteiger partial charge in [-0.25, -0.2) is 0 Å². The number of rotatable bonds is 10. The van der Waals surface area contributed by atoms with E-state index in [2.05, 4.69) is 10.2 Å². The minimum atomic E-state index is 0.246. The van der Waals surface area contributed by atoms with E-state index in [9.17, 15) is 5.11 Å². The Morgan fingerprint density at radius 2 is 1.95 bits per heavy atom. The number of aliphatic hydroxyl groups excluding tert-OH is 1. The van der Waals surface area contributed by atoms with Crippen molar-refractivity contribution in [1.82, 2.24) is 10.2 Å². The minimum Gasteiger partial charge on any atom is -0.395 e. The predicted molar refractivity (Wildman–Crippen MR) is 81.9 cm³/mol. The summed E-state index contributed by atoms with van der Waals surface area (Å²) in [6.07, 6.45) is 9.51. The lowest BCUT2D eigenvalue weighted by molar-refractivity contribution is 0.0675. The van der Waals surface area contributed by atoms with Crippen LogP contribution in [0.4, 0.5) is 0 Å². The molecule has 4 nitrogen and oxygen atoms in total. The van der Waals surface area contributed by atoms with E-state index in [0.717, 1.165) is 38.8 Å². The summed E-state index contributed by atoms with van der Waals surface area (Å²) in [5.41, 5.74) is 0.420. The molecule has 2 N–H and O–H groups in total. The normalized spacial score (nSPS) is 22.4. The molecule has 4 heteroatoms. The van der Waals surface area contributed by atoms with Crippen LogP contribution in [0.5, 0.6) is 0 Å². The Labute approximate surface area is 123 Å². The Bertz CT molecular complexity index is 263. The molecule has 2 aliphatic carbocycles. The first-order chi connectivity index (χ1) is 9.78. The Hall–Kier alpha value is -0.160. The fraction of sp³-hybridized carbons (Fsp3) is 1.00. The number of hydrogen-bond donors (Lipinski definition) is 2. The number of methoxy groups -OCH3 is 1. The van der Waals surface area contributed by atoms with Crippen molar-refractivity contribution in [1.29, 1.82) is 0 Å². The van der Waals surface area contributed by atoms with Crippen molar-refractivity contribution in [3.8, 4) is 0 Å². The number of nitrogens with zero attached hydrogens (tertiary/aromatic N) is 1. The molecule has 0 aliphatic heterocycles. The molecule has 2 fully saturated rings. The molecule has 0 saturated heterocycles. The van der Waals surface area contributed by atoms with E-state index in [1.165, 1.54) is 44.9 Å². The Balaban J connectivity index is 1.88. The van der Waals surface area contributed by atoms with E-state index in [4.69, 9.17) is 4.74 Å². The zero-order valence-electron chi connectivity index (χ0n) is 13.1. The second-order valence-electron chi connectivity index (χ2n) is 6.71. The van der Waals surface area contributed by atoms with Crippen molar-refractivity contribution >= 4 is 0 Å². The summed E-state index contributed by atoms with van der Waals surface area (Å²) in [6.45, 7) is 4.97. The van der Waals surface area contributed by atoms with Gasteiger partial charge < -0.3 is 15.2 Å². The molecule has 0 atom stereocenters. The smallest absolute Gasteiger partial charge is 0.0589 e. The Morgan fingerprint density at radius 3 is 2.55 bits per heavy atom. The summed E-state index contributed by atoms with van der Waals surface area (Å²) in [7, 11) is 1.75. The maximum absolute atomic E-state index is 9.28. The molecule has 0 aromatic rings. The van der Waals surface area contributed by atoms with Crippen molar-refractivity contribution < 1.29 is 9.84 Å². The molecular formula is C16H32N2O2. The maximum Gasteiger partial charge on any atom is 0.0589 e. The highest BCUT2D eigenvalue weighted by Crippen LogP contribution is 2.37. The van der Waals surface area contributed by atoms with E-state index in [-0.39, 0.29) is 6.61 Å². The van der Waals surface area contributed by atoms with Crippen molar-refractivity contribution in [3.05, 3.63) is 0 Å². The van der Waals surface area contributed by atoms with Gasteiger partial charge in [0.05, 0.1) is 13.2 Å². The van der Waals surface area contributed by atoms with Crippen LogP contribution in [0.3, 0.4) is 0 Å². The van der Waals surface area contributed by atoms with Gasteiger partial charge in [0.2, 0.25) is 0 Å². The van der Waals surface area contributed by atoms with Crippen LogP contribution in [0.25, 0.3) is 0 Å². The second kappa shape index (κ2) is 8.32. The van der Waals surface area contributed by atoms with Gasteiger partial charge in [-0.05, 0) is 31.1 Å². The third-order valence-electron chi connectivity index (χ3n) is 4.84. The van der Waals surface area contributed by atoms with Gasteiger partial charge >= 0.3 is 0 Å². The standard InChI is InChI=1S/C16H32N2O2/c1-20-12-10-18(9-11-19)14-16(7-3-2-4-8-16)13-17-15-5-6-15/h15,17,19H,2-14H2,1H3. The first kappa shape index (κ1) is 16.2. The molecule has 0 heterocycles. The maximum atomic E-state index is 9.28. The van der Waals surface area contributed by atoms with Crippen molar-refractivity contribution in [2.75, 3.05) is 46.5 Å². The van der Waals surface area contributed by atoms with Gasteiger partial charge in [0.25, 0.3) is 0 Å². The molecule has 0 aromatic carbocycles. The van der Waals surface area contributed by atoms with Crippen LogP contribution in [0, 0.1) is 5.41 Å². The van der Waals surface area contributed by atoms with Gasteiger partial charge in [0, 0.05) is 39.3 Å². The number of nitrogens with one attached hydrogen (secondary N) is 1. The zero-order chi connectivity index (χ0) is 14.3. The lowest BCUT2D eigenvalue weighted by atomic mass is 9.73. The van der Waals surface area contributed by atoms with Gasteiger partial charge in [-0.15, -0.1) is 0 Å². The third kappa shape index (κ3) is 5.32. The molecule has 0 spiro atoms. The van der Waals surface area contributed by atoms with Crippen molar-refractivity contribution in [2.24, 2.45) is 5.41 Å². The molecule has 20 heavy (non-hydrogen) atoms. The van der Waals surface area contributed by atoms with Crippen LogP contribution in [0.2, 0.25) is 0 Å². The molecule has 2 saturated carbocycles.